The quantitative estimate of drug-likeness (QED) is 0.684. The van der Waals surface area contributed by atoms with E-state index in [1.54, 1.807) is 11.8 Å². The molecule has 0 amide bonds. The topological polar surface area (TPSA) is 40.5 Å². The minimum absolute atomic E-state index is 0.303. The summed E-state index contributed by atoms with van der Waals surface area (Å²) in [5.41, 5.74) is 0. The third kappa shape index (κ3) is 4.52. The molecule has 0 fully saturated rings. The van der Waals surface area contributed by atoms with Gasteiger partial charge < -0.3 is 5.11 Å². The second kappa shape index (κ2) is 7.21. The number of thioether (sulfide) groups is 1. The maximum absolute atomic E-state index is 10.9. The molecule has 0 aromatic heterocycles. The molecule has 1 N–H and O–H groups in total. The predicted octanol–water partition coefficient (Wildman–Crippen LogP) is 1.53. The minimum Gasteiger partial charge on any atom is -0.480 e. The van der Waals surface area contributed by atoms with Crippen molar-refractivity contribution in [3.63, 3.8) is 0 Å². The van der Waals surface area contributed by atoms with Gasteiger partial charge in [0.2, 0.25) is 0 Å². The fourth-order valence-corrected chi connectivity index (χ4v) is 1.82. The number of carboxylic acid groups (broad SMARTS) is 1. The van der Waals surface area contributed by atoms with Gasteiger partial charge in [-0.25, -0.2) is 0 Å². The van der Waals surface area contributed by atoms with E-state index in [-0.39, 0.29) is 6.04 Å². The Kier molecular flexibility index (Phi) is 7.09. The summed E-state index contributed by atoms with van der Waals surface area (Å²) in [4.78, 5) is 12.9. The third-order valence-corrected chi connectivity index (χ3v) is 2.78. The normalized spacial score (nSPS) is 13.2. The molecule has 1 atom stereocenters. The number of nitrogens with zero attached hydrogens (tertiary/aromatic N) is 1. The van der Waals surface area contributed by atoms with Gasteiger partial charge in [0.1, 0.15) is 6.04 Å². The molecule has 0 aliphatic heterocycles. The number of carboxylic acids is 1. The second-order valence-corrected chi connectivity index (χ2v) is 3.84. The standard InChI is InChI=1S/C9H19NO2S/c1-4-10(5-2)8(9(11)12)6-7-13-3/h8H,4-7H2,1-3H3,(H,11,12)/t8-/m0/s1. The van der Waals surface area contributed by atoms with Crippen molar-refractivity contribution in [2.45, 2.75) is 26.3 Å². The molecule has 0 rings (SSSR count). The molecule has 0 saturated carbocycles. The summed E-state index contributed by atoms with van der Waals surface area (Å²) >= 11 is 1.70. The summed E-state index contributed by atoms with van der Waals surface area (Å²) in [7, 11) is 0. The number of hydrogen-bond donors (Lipinski definition) is 1. The van der Waals surface area contributed by atoms with Crippen LogP contribution in [0.15, 0.2) is 0 Å². The molecule has 78 valence electrons. The van der Waals surface area contributed by atoms with Crippen LogP contribution in [0, 0.1) is 0 Å². The molecular formula is C9H19NO2S. The van der Waals surface area contributed by atoms with Crippen LogP contribution in [0.3, 0.4) is 0 Å². The monoisotopic (exact) mass is 205 g/mol. The van der Waals surface area contributed by atoms with Gasteiger partial charge in [-0.3, -0.25) is 9.69 Å². The molecule has 0 radical (unpaired) electrons. The van der Waals surface area contributed by atoms with E-state index in [1.165, 1.54) is 0 Å². The zero-order valence-electron chi connectivity index (χ0n) is 8.62. The van der Waals surface area contributed by atoms with E-state index in [1.807, 2.05) is 25.0 Å². The van der Waals surface area contributed by atoms with Crippen LogP contribution in [0.5, 0.6) is 0 Å². The SMILES string of the molecule is CCN(CC)[C@@H](CCSC)C(=O)O. The number of likely N-dealkylation sites (N-methyl/N-ethyl adjacent to an activating group) is 1. The Morgan fingerprint density at radius 2 is 2.00 bits per heavy atom. The fourth-order valence-electron chi connectivity index (χ4n) is 1.36. The molecule has 0 aromatic rings. The van der Waals surface area contributed by atoms with Crippen LogP contribution in [0.1, 0.15) is 20.3 Å². The minimum atomic E-state index is -0.697. The summed E-state index contributed by atoms with van der Waals surface area (Å²) in [6, 6.07) is -0.303. The highest BCUT2D eigenvalue weighted by atomic mass is 32.2. The van der Waals surface area contributed by atoms with Crippen LogP contribution in [0.25, 0.3) is 0 Å². The highest BCUT2D eigenvalue weighted by Crippen LogP contribution is 2.08. The maximum Gasteiger partial charge on any atom is 0.320 e. The van der Waals surface area contributed by atoms with Crippen molar-refractivity contribution < 1.29 is 9.90 Å². The Labute approximate surface area is 84.5 Å². The molecule has 0 saturated heterocycles. The molecule has 0 aromatic carbocycles. The van der Waals surface area contributed by atoms with Gasteiger partial charge in [0.15, 0.2) is 0 Å². The van der Waals surface area contributed by atoms with Crippen molar-refractivity contribution in [1.29, 1.82) is 0 Å². The smallest absolute Gasteiger partial charge is 0.320 e. The first-order valence-electron chi connectivity index (χ1n) is 4.63. The number of carbonyl (C=O) groups is 1. The van der Waals surface area contributed by atoms with Crippen LogP contribution in [0.4, 0.5) is 0 Å². The van der Waals surface area contributed by atoms with Crippen LogP contribution < -0.4 is 0 Å². The molecule has 13 heavy (non-hydrogen) atoms. The Morgan fingerprint density at radius 1 is 1.46 bits per heavy atom. The van der Waals surface area contributed by atoms with Crippen LogP contribution in [-0.4, -0.2) is 47.1 Å². The molecule has 0 aliphatic carbocycles. The molecule has 0 heterocycles. The number of aliphatic carboxylic acids is 1. The summed E-state index contributed by atoms with van der Waals surface area (Å²) < 4.78 is 0. The lowest BCUT2D eigenvalue weighted by atomic mass is 10.2. The molecule has 0 spiro atoms. The lowest BCUT2D eigenvalue weighted by Crippen LogP contribution is -2.41. The van der Waals surface area contributed by atoms with E-state index in [4.69, 9.17) is 5.11 Å². The summed E-state index contributed by atoms with van der Waals surface area (Å²) in [6.45, 7) is 5.61. The van der Waals surface area contributed by atoms with Crippen molar-refractivity contribution in [3.05, 3.63) is 0 Å². The van der Waals surface area contributed by atoms with Gasteiger partial charge in [-0.2, -0.15) is 11.8 Å². The van der Waals surface area contributed by atoms with Crippen molar-refractivity contribution in [1.82, 2.24) is 4.90 Å². The highest BCUT2D eigenvalue weighted by molar-refractivity contribution is 7.98. The summed E-state index contributed by atoms with van der Waals surface area (Å²) in [5.74, 6) is 0.214. The number of hydrogen-bond acceptors (Lipinski definition) is 3. The predicted molar refractivity (Wildman–Crippen MR) is 57.3 cm³/mol. The van der Waals surface area contributed by atoms with Crippen molar-refractivity contribution in [2.24, 2.45) is 0 Å². The van der Waals surface area contributed by atoms with E-state index >= 15 is 0 Å². The molecule has 0 aliphatic rings. The first-order chi connectivity index (χ1) is 6.17. The average Bonchev–Trinajstić information content (AvgIpc) is 2.11. The van der Waals surface area contributed by atoms with E-state index in [2.05, 4.69) is 0 Å². The zero-order valence-corrected chi connectivity index (χ0v) is 9.43. The molecule has 3 nitrogen and oxygen atoms in total. The fraction of sp³-hybridized carbons (Fsp3) is 0.889. The zero-order chi connectivity index (χ0) is 10.3. The van der Waals surface area contributed by atoms with E-state index in [0.29, 0.717) is 0 Å². The van der Waals surface area contributed by atoms with Gasteiger partial charge >= 0.3 is 5.97 Å². The Balaban J connectivity index is 4.12. The van der Waals surface area contributed by atoms with Crippen LogP contribution >= 0.6 is 11.8 Å². The van der Waals surface area contributed by atoms with Gasteiger partial charge in [-0.05, 0) is 31.5 Å². The van der Waals surface area contributed by atoms with Gasteiger partial charge in [-0.15, -0.1) is 0 Å². The van der Waals surface area contributed by atoms with Crippen LogP contribution in [-0.2, 0) is 4.79 Å². The maximum atomic E-state index is 10.9. The lowest BCUT2D eigenvalue weighted by Gasteiger charge is -2.25. The largest absolute Gasteiger partial charge is 0.480 e. The van der Waals surface area contributed by atoms with Gasteiger partial charge in [-0.1, -0.05) is 13.8 Å². The summed E-state index contributed by atoms with van der Waals surface area (Å²) in [5, 5.41) is 8.98. The molecule has 4 heteroatoms. The van der Waals surface area contributed by atoms with E-state index < -0.39 is 5.97 Å². The summed E-state index contributed by atoms with van der Waals surface area (Å²) in [6.07, 6.45) is 2.74. The average molecular weight is 205 g/mol. The van der Waals surface area contributed by atoms with E-state index in [0.717, 1.165) is 25.3 Å². The number of rotatable bonds is 7. The highest BCUT2D eigenvalue weighted by Gasteiger charge is 2.22. The first-order valence-corrected chi connectivity index (χ1v) is 6.02. The Bertz CT molecular complexity index is 149. The Hall–Kier alpha value is -0.220. The van der Waals surface area contributed by atoms with Gasteiger partial charge in [0.25, 0.3) is 0 Å². The van der Waals surface area contributed by atoms with Gasteiger partial charge in [0.05, 0.1) is 0 Å². The molecule has 0 bridgehead atoms. The molecule has 0 unspecified atom stereocenters. The van der Waals surface area contributed by atoms with Crippen molar-refractivity contribution in [2.75, 3.05) is 25.1 Å². The Morgan fingerprint density at radius 3 is 2.31 bits per heavy atom. The van der Waals surface area contributed by atoms with Crippen LogP contribution in [0.2, 0.25) is 0 Å². The molecular weight excluding hydrogens is 186 g/mol. The van der Waals surface area contributed by atoms with E-state index in [9.17, 15) is 4.79 Å². The second-order valence-electron chi connectivity index (χ2n) is 2.86. The van der Waals surface area contributed by atoms with Gasteiger partial charge in [0, 0.05) is 0 Å². The first kappa shape index (κ1) is 12.8. The van der Waals surface area contributed by atoms with Crippen molar-refractivity contribution in [3.8, 4) is 0 Å². The third-order valence-electron chi connectivity index (χ3n) is 2.13. The lowest BCUT2D eigenvalue weighted by molar-refractivity contribution is -0.143. The van der Waals surface area contributed by atoms with Crippen molar-refractivity contribution >= 4 is 17.7 Å².